The summed E-state index contributed by atoms with van der Waals surface area (Å²) in [6, 6.07) is 1.12. The van der Waals surface area contributed by atoms with Crippen LogP contribution in [0.15, 0.2) is 29.4 Å². The summed E-state index contributed by atoms with van der Waals surface area (Å²) in [5.74, 6) is -57.0. The average molecular weight is 579 g/mol. The summed E-state index contributed by atoms with van der Waals surface area (Å²) in [7, 11) is 0. The summed E-state index contributed by atoms with van der Waals surface area (Å²) in [6.07, 6.45) is -10.7. The van der Waals surface area contributed by atoms with Gasteiger partial charge in [0.05, 0.1) is 6.04 Å². The zero-order chi connectivity index (χ0) is 29.7. The molecule has 37 heavy (non-hydrogen) atoms. The number of halogens is 17. The fourth-order valence-electron chi connectivity index (χ4n) is 2.64. The van der Waals surface area contributed by atoms with Crippen LogP contribution in [-0.2, 0) is 0 Å². The Balaban J connectivity index is 3.63. The molecular weight excluding hydrogens is 569 g/mol. The first-order valence-corrected chi connectivity index (χ1v) is 8.99. The zero-order valence-corrected chi connectivity index (χ0v) is 17.4. The molecule has 3 nitrogen and oxygen atoms in total. The highest BCUT2D eigenvalue weighted by molar-refractivity contribution is 5.25. The van der Waals surface area contributed by atoms with E-state index in [1.54, 1.807) is 0 Å². The van der Waals surface area contributed by atoms with Gasteiger partial charge in [-0.05, 0) is 18.0 Å². The Hall–Kier alpha value is -2.66. The van der Waals surface area contributed by atoms with Gasteiger partial charge in [-0.15, -0.1) is 0 Å². The molecule has 0 amide bonds. The highest BCUT2D eigenvalue weighted by Crippen LogP contribution is 2.64. The lowest BCUT2D eigenvalue weighted by Gasteiger charge is -2.43. The number of hydrogen-bond acceptors (Lipinski definition) is 1. The van der Waals surface area contributed by atoms with Crippen molar-refractivity contribution in [3.05, 3.63) is 45.8 Å². The van der Waals surface area contributed by atoms with Crippen LogP contribution in [-0.4, -0.2) is 47.6 Å². The highest BCUT2D eigenvalue weighted by Gasteiger charge is 2.95. The Kier molecular flexibility index (Phi) is 8.11. The molecule has 212 valence electrons. The van der Waals surface area contributed by atoms with E-state index >= 15 is 0 Å². The van der Waals surface area contributed by atoms with Gasteiger partial charge in [0, 0.05) is 11.3 Å². The molecule has 1 aromatic carbocycles. The predicted octanol–water partition coefficient (Wildman–Crippen LogP) is 8.75. The molecule has 0 spiro atoms. The summed E-state index contributed by atoms with van der Waals surface area (Å²) in [6.45, 7) is 1.38. The topological polar surface area (TPSA) is 48.8 Å². The van der Waals surface area contributed by atoms with Gasteiger partial charge in [0.2, 0.25) is 0 Å². The van der Waals surface area contributed by atoms with Crippen LogP contribution in [0.3, 0.4) is 0 Å². The summed E-state index contributed by atoms with van der Waals surface area (Å²) < 4.78 is 227. The molecule has 1 rings (SSSR count). The molecule has 0 saturated heterocycles. The quantitative estimate of drug-likeness (QED) is 0.115. The van der Waals surface area contributed by atoms with Gasteiger partial charge in [-0.25, -0.2) is 0 Å². The number of azide groups is 1. The number of rotatable bonds is 10. The number of hydrogen-bond donors (Lipinski definition) is 0. The third-order valence-electron chi connectivity index (χ3n) is 4.89. The van der Waals surface area contributed by atoms with Crippen LogP contribution < -0.4 is 0 Å². The van der Waals surface area contributed by atoms with Crippen LogP contribution in [0.4, 0.5) is 74.6 Å². The van der Waals surface area contributed by atoms with E-state index in [2.05, 4.69) is 5.11 Å². The molecule has 1 aromatic rings. The van der Waals surface area contributed by atoms with Crippen LogP contribution in [0.2, 0.25) is 0 Å². The first-order valence-electron chi connectivity index (χ1n) is 8.99. The molecule has 0 aliphatic rings. The van der Waals surface area contributed by atoms with Crippen LogP contribution in [0.25, 0.3) is 10.4 Å². The molecule has 0 bridgehead atoms. The van der Waals surface area contributed by atoms with Crippen molar-refractivity contribution < 1.29 is 74.6 Å². The van der Waals surface area contributed by atoms with E-state index in [4.69, 9.17) is 5.53 Å². The number of nitrogens with zero attached hydrogens (tertiary/aromatic N) is 3. The van der Waals surface area contributed by atoms with Crippen molar-refractivity contribution >= 4 is 0 Å². The lowest BCUT2D eigenvalue weighted by molar-refractivity contribution is -0.462. The Morgan fingerprint density at radius 1 is 0.622 bits per heavy atom. The Morgan fingerprint density at radius 3 is 1.32 bits per heavy atom. The van der Waals surface area contributed by atoms with Gasteiger partial charge in [-0.2, -0.15) is 74.6 Å². The van der Waals surface area contributed by atoms with Crippen LogP contribution in [0.1, 0.15) is 23.6 Å². The van der Waals surface area contributed by atoms with Crippen LogP contribution >= 0.6 is 0 Å². The SMILES string of the molecule is Cc1ccc(C(CC(F)(F)C(F)(F)C(F)(F)C(F)(F)C(F)(F)C(F)(F)C(F)(F)C(F)(F)F)N=[N+]=[N-])cc1. The summed E-state index contributed by atoms with van der Waals surface area (Å²) >= 11 is 0. The first kappa shape index (κ1) is 32.4. The zero-order valence-electron chi connectivity index (χ0n) is 17.4. The molecule has 1 unspecified atom stereocenters. The molecule has 20 heteroatoms. The molecule has 0 aliphatic carbocycles. The maximum Gasteiger partial charge on any atom is 0.460 e. The van der Waals surface area contributed by atoms with Gasteiger partial charge >= 0.3 is 47.6 Å². The maximum atomic E-state index is 14.2. The van der Waals surface area contributed by atoms with Crippen molar-refractivity contribution in [2.45, 2.75) is 67.0 Å². The standard InChI is InChI=1S/C17H10F17N3/c1-7-2-4-8(5-3-7)9(36-37-35)6-10(18,19)11(20,21)12(22,23)13(24,25)14(26,27)15(28,29)16(30,31)17(32,33)34/h2-5,9H,6H2,1H3. The van der Waals surface area contributed by atoms with E-state index < -0.39 is 65.7 Å². The highest BCUT2D eigenvalue weighted by atomic mass is 19.4. The van der Waals surface area contributed by atoms with E-state index in [1.165, 1.54) is 6.92 Å². The predicted molar refractivity (Wildman–Crippen MR) is 88.4 cm³/mol. The Bertz CT molecular complexity index is 1010. The number of alkyl halides is 17. The fourth-order valence-corrected chi connectivity index (χ4v) is 2.64. The average Bonchev–Trinajstić information content (AvgIpc) is 2.72. The molecule has 0 aromatic heterocycles. The molecule has 0 N–H and O–H groups in total. The van der Waals surface area contributed by atoms with E-state index in [-0.39, 0.29) is 0 Å². The molecule has 0 heterocycles. The summed E-state index contributed by atoms with van der Waals surface area (Å²) in [4.78, 5) is 1.94. The molecule has 0 fully saturated rings. The van der Waals surface area contributed by atoms with Crippen molar-refractivity contribution in [2.24, 2.45) is 5.11 Å². The van der Waals surface area contributed by atoms with Gasteiger partial charge in [0.25, 0.3) is 0 Å². The number of aryl methyl sites for hydroxylation is 1. The minimum Gasteiger partial charge on any atom is -0.200 e. The summed E-state index contributed by atoms with van der Waals surface area (Å²) in [5.41, 5.74) is 8.12. The second kappa shape index (κ2) is 9.27. The normalized spacial score (nSPS) is 15.8. The summed E-state index contributed by atoms with van der Waals surface area (Å²) in [5, 5.41) is 2.56. The van der Waals surface area contributed by atoms with Crippen LogP contribution in [0.5, 0.6) is 0 Å². The minimum absolute atomic E-state index is 0.366. The third kappa shape index (κ3) is 4.83. The largest absolute Gasteiger partial charge is 0.460 e. The van der Waals surface area contributed by atoms with Crippen molar-refractivity contribution in [3.8, 4) is 0 Å². The van der Waals surface area contributed by atoms with Gasteiger partial charge in [0.1, 0.15) is 0 Å². The van der Waals surface area contributed by atoms with E-state index in [9.17, 15) is 74.6 Å². The Morgan fingerprint density at radius 2 is 0.973 bits per heavy atom. The first-order chi connectivity index (χ1) is 16.2. The molecule has 0 aliphatic heterocycles. The van der Waals surface area contributed by atoms with E-state index in [0.717, 1.165) is 24.3 Å². The van der Waals surface area contributed by atoms with Gasteiger partial charge < -0.3 is 0 Å². The second-order valence-corrected chi connectivity index (χ2v) is 7.48. The second-order valence-electron chi connectivity index (χ2n) is 7.48. The monoisotopic (exact) mass is 579 g/mol. The van der Waals surface area contributed by atoms with Gasteiger partial charge in [-0.3, -0.25) is 0 Å². The molecular formula is C17H10F17N3. The van der Waals surface area contributed by atoms with E-state index in [1.807, 2.05) is 4.91 Å². The van der Waals surface area contributed by atoms with E-state index in [0.29, 0.717) is 5.56 Å². The lowest BCUT2D eigenvalue weighted by atomic mass is 9.86. The van der Waals surface area contributed by atoms with Crippen molar-refractivity contribution in [1.82, 2.24) is 0 Å². The molecule has 1 atom stereocenters. The van der Waals surface area contributed by atoms with Crippen LogP contribution in [0, 0.1) is 6.92 Å². The smallest absolute Gasteiger partial charge is 0.200 e. The van der Waals surface area contributed by atoms with Gasteiger partial charge in [-0.1, -0.05) is 34.9 Å². The number of benzene rings is 1. The van der Waals surface area contributed by atoms with Gasteiger partial charge in [0.15, 0.2) is 0 Å². The lowest BCUT2D eigenvalue weighted by Crippen LogP contribution is -2.74. The van der Waals surface area contributed by atoms with Crippen molar-refractivity contribution in [1.29, 1.82) is 0 Å². The van der Waals surface area contributed by atoms with Crippen molar-refractivity contribution in [3.63, 3.8) is 0 Å². The fraction of sp³-hybridized carbons (Fsp3) is 0.647. The Labute approximate surface area is 193 Å². The third-order valence-corrected chi connectivity index (χ3v) is 4.89. The maximum absolute atomic E-state index is 14.2. The van der Waals surface area contributed by atoms with Crippen molar-refractivity contribution in [2.75, 3.05) is 0 Å². The molecule has 0 saturated carbocycles. The molecule has 0 radical (unpaired) electrons. The minimum atomic E-state index is -8.69.